The van der Waals surface area contributed by atoms with Crippen molar-refractivity contribution in [3.05, 3.63) is 12.7 Å². The van der Waals surface area contributed by atoms with E-state index in [9.17, 15) is 0 Å². The molecule has 0 aromatic rings. The summed E-state index contributed by atoms with van der Waals surface area (Å²) in [5, 5.41) is 3.65. The minimum Gasteiger partial charge on any atom is -0.314 e. The third-order valence-electron chi connectivity index (χ3n) is 3.53. The fourth-order valence-electron chi connectivity index (χ4n) is 2.51. The molecule has 2 aliphatic carbocycles. The molecule has 0 bridgehead atoms. The van der Waals surface area contributed by atoms with E-state index in [4.69, 9.17) is 0 Å². The summed E-state index contributed by atoms with van der Waals surface area (Å²) in [6.45, 7) is 5.11. The van der Waals surface area contributed by atoms with Gasteiger partial charge in [-0.25, -0.2) is 0 Å². The normalized spacial score (nSPS) is 33.5. The number of allylic oxidation sites excluding steroid dienone is 1. The van der Waals surface area contributed by atoms with E-state index in [0.29, 0.717) is 0 Å². The zero-order chi connectivity index (χ0) is 9.10. The average Bonchev–Trinajstić information content (AvgIpc) is 2.86. The van der Waals surface area contributed by atoms with Crippen LogP contribution >= 0.6 is 0 Å². The van der Waals surface area contributed by atoms with Crippen LogP contribution in [-0.2, 0) is 0 Å². The van der Waals surface area contributed by atoms with Crippen molar-refractivity contribution in [3.63, 3.8) is 0 Å². The first kappa shape index (κ1) is 9.26. The first-order chi connectivity index (χ1) is 6.40. The van der Waals surface area contributed by atoms with Crippen molar-refractivity contribution >= 4 is 0 Å². The molecule has 2 saturated carbocycles. The maximum absolute atomic E-state index is 3.85. The molecule has 0 aromatic carbocycles. The van der Waals surface area contributed by atoms with Crippen molar-refractivity contribution in [2.45, 2.75) is 44.6 Å². The van der Waals surface area contributed by atoms with Gasteiger partial charge in [0.1, 0.15) is 0 Å². The van der Waals surface area contributed by atoms with Gasteiger partial charge < -0.3 is 5.32 Å². The standard InChI is InChI=1S/C12H21N/c1-2-4-10-5-3-6-11(10)9-13-12-7-8-12/h2,10-13H,1,3-9H2. The van der Waals surface area contributed by atoms with Gasteiger partial charge in [0.25, 0.3) is 0 Å². The summed E-state index contributed by atoms with van der Waals surface area (Å²) < 4.78 is 0. The molecule has 1 heteroatoms. The quantitative estimate of drug-likeness (QED) is 0.640. The van der Waals surface area contributed by atoms with E-state index in [-0.39, 0.29) is 0 Å². The maximum Gasteiger partial charge on any atom is 0.00683 e. The third-order valence-corrected chi connectivity index (χ3v) is 3.53. The molecule has 0 amide bonds. The van der Waals surface area contributed by atoms with Gasteiger partial charge in [-0.2, -0.15) is 0 Å². The molecule has 2 aliphatic rings. The molecule has 2 fully saturated rings. The first-order valence-corrected chi connectivity index (χ1v) is 5.74. The Balaban J connectivity index is 1.71. The molecule has 1 nitrogen and oxygen atoms in total. The molecular weight excluding hydrogens is 158 g/mol. The molecule has 0 aromatic heterocycles. The van der Waals surface area contributed by atoms with Crippen LogP contribution in [0.15, 0.2) is 12.7 Å². The number of nitrogens with one attached hydrogen (secondary N) is 1. The SMILES string of the molecule is C=CCC1CCCC1CNC1CC1. The Kier molecular flexibility index (Phi) is 3.05. The fourth-order valence-corrected chi connectivity index (χ4v) is 2.51. The van der Waals surface area contributed by atoms with Crippen LogP contribution in [0.2, 0.25) is 0 Å². The Hall–Kier alpha value is -0.300. The summed E-state index contributed by atoms with van der Waals surface area (Å²) in [6, 6.07) is 0.880. The van der Waals surface area contributed by atoms with Gasteiger partial charge in [0.2, 0.25) is 0 Å². The Bertz CT molecular complexity index is 172. The van der Waals surface area contributed by atoms with E-state index in [0.717, 1.165) is 17.9 Å². The van der Waals surface area contributed by atoms with Crippen LogP contribution in [0.1, 0.15) is 38.5 Å². The van der Waals surface area contributed by atoms with Crippen LogP contribution < -0.4 is 5.32 Å². The lowest BCUT2D eigenvalue weighted by Gasteiger charge is -2.18. The van der Waals surface area contributed by atoms with Crippen LogP contribution in [0.5, 0.6) is 0 Å². The van der Waals surface area contributed by atoms with Crippen molar-refractivity contribution < 1.29 is 0 Å². The highest BCUT2D eigenvalue weighted by Crippen LogP contribution is 2.34. The second-order valence-electron chi connectivity index (χ2n) is 4.66. The second kappa shape index (κ2) is 4.28. The predicted octanol–water partition coefficient (Wildman–Crippen LogP) is 2.73. The monoisotopic (exact) mass is 179 g/mol. The molecule has 0 spiro atoms. The highest BCUT2D eigenvalue weighted by Gasteiger charge is 2.28. The van der Waals surface area contributed by atoms with Crippen molar-refractivity contribution in [2.75, 3.05) is 6.54 Å². The maximum atomic E-state index is 3.85. The number of hydrogen-bond acceptors (Lipinski definition) is 1. The summed E-state index contributed by atoms with van der Waals surface area (Å²) in [7, 11) is 0. The topological polar surface area (TPSA) is 12.0 Å². The fraction of sp³-hybridized carbons (Fsp3) is 0.833. The van der Waals surface area contributed by atoms with Gasteiger partial charge in [-0.1, -0.05) is 12.5 Å². The zero-order valence-electron chi connectivity index (χ0n) is 8.47. The minimum absolute atomic E-state index is 0.880. The van der Waals surface area contributed by atoms with Gasteiger partial charge in [0, 0.05) is 6.04 Å². The largest absolute Gasteiger partial charge is 0.314 e. The van der Waals surface area contributed by atoms with Gasteiger partial charge in [-0.3, -0.25) is 0 Å². The van der Waals surface area contributed by atoms with Gasteiger partial charge in [0.05, 0.1) is 0 Å². The van der Waals surface area contributed by atoms with E-state index in [1.165, 1.54) is 45.1 Å². The van der Waals surface area contributed by atoms with Crippen LogP contribution in [0.4, 0.5) is 0 Å². The van der Waals surface area contributed by atoms with E-state index < -0.39 is 0 Å². The van der Waals surface area contributed by atoms with Crippen molar-refractivity contribution in [1.29, 1.82) is 0 Å². The molecule has 1 N–H and O–H groups in total. The van der Waals surface area contributed by atoms with Crippen LogP contribution in [0, 0.1) is 11.8 Å². The van der Waals surface area contributed by atoms with E-state index in [2.05, 4.69) is 18.0 Å². The molecule has 2 unspecified atom stereocenters. The number of hydrogen-bond donors (Lipinski definition) is 1. The van der Waals surface area contributed by atoms with E-state index >= 15 is 0 Å². The van der Waals surface area contributed by atoms with Gasteiger partial charge in [-0.05, 0) is 50.5 Å². The lowest BCUT2D eigenvalue weighted by molar-refractivity contribution is 0.369. The van der Waals surface area contributed by atoms with Crippen molar-refractivity contribution in [3.8, 4) is 0 Å². The summed E-state index contributed by atoms with van der Waals surface area (Å²) >= 11 is 0. The first-order valence-electron chi connectivity index (χ1n) is 5.74. The van der Waals surface area contributed by atoms with Crippen LogP contribution in [0.3, 0.4) is 0 Å². The molecular formula is C12H21N. The Labute approximate surface area is 81.6 Å². The molecule has 13 heavy (non-hydrogen) atoms. The lowest BCUT2D eigenvalue weighted by atomic mass is 9.93. The Morgan fingerprint density at radius 1 is 1.15 bits per heavy atom. The number of rotatable bonds is 5. The highest BCUT2D eigenvalue weighted by atomic mass is 14.9. The summed E-state index contributed by atoms with van der Waals surface area (Å²) in [4.78, 5) is 0. The average molecular weight is 179 g/mol. The molecule has 0 radical (unpaired) electrons. The molecule has 0 saturated heterocycles. The minimum atomic E-state index is 0.880. The van der Waals surface area contributed by atoms with E-state index in [1.54, 1.807) is 0 Å². The Morgan fingerprint density at radius 2 is 1.92 bits per heavy atom. The van der Waals surface area contributed by atoms with Gasteiger partial charge in [-0.15, -0.1) is 6.58 Å². The van der Waals surface area contributed by atoms with Gasteiger partial charge >= 0.3 is 0 Å². The zero-order valence-corrected chi connectivity index (χ0v) is 8.47. The molecule has 0 heterocycles. The second-order valence-corrected chi connectivity index (χ2v) is 4.66. The van der Waals surface area contributed by atoms with Gasteiger partial charge in [0.15, 0.2) is 0 Å². The molecule has 2 rings (SSSR count). The van der Waals surface area contributed by atoms with Crippen LogP contribution in [-0.4, -0.2) is 12.6 Å². The highest BCUT2D eigenvalue weighted by molar-refractivity contribution is 4.87. The third kappa shape index (κ3) is 2.57. The Morgan fingerprint density at radius 3 is 2.62 bits per heavy atom. The predicted molar refractivity (Wildman–Crippen MR) is 56.7 cm³/mol. The summed E-state index contributed by atoms with van der Waals surface area (Å²) in [6.07, 6.45) is 10.5. The molecule has 2 atom stereocenters. The molecule has 0 aliphatic heterocycles. The lowest BCUT2D eigenvalue weighted by Crippen LogP contribution is -2.26. The summed E-state index contributed by atoms with van der Waals surface area (Å²) in [5.41, 5.74) is 0. The smallest absolute Gasteiger partial charge is 0.00683 e. The molecule has 74 valence electrons. The van der Waals surface area contributed by atoms with Crippen molar-refractivity contribution in [1.82, 2.24) is 5.32 Å². The summed E-state index contributed by atoms with van der Waals surface area (Å²) in [5.74, 6) is 1.88. The van der Waals surface area contributed by atoms with Crippen LogP contribution in [0.25, 0.3) is 0 Å². The van der Waals surface area contributed by atoms with E-state index in [1.807, 2.05) is 0 Å². The van der Waals surface area contributed by atoms with Crippen molar-refractivity contribution in [2.24, 2.45) is 11.8 Å².